The van der Waals surface area contributed by atoms with Crippen LogP contribution in [0, 0.1) is 5.92 Å². The SMILES string of the molecule is CCOC(C)CNC(=O)C1CCC(C)NC1. The molecule has 0 aliphatic carbocycles. The van der Waals surface area contributed by atoms with Gasteiger partial charge in [-0.1, -0.05) is 0 Å². The first-order valence-electron chi connectivity index (χ1n) is 6.26. The van der Waals surface area contributed by atoms with Crippen LogP contribution in [0.4, 0.5) is 0 Å². The Morgan fingerprint density at radius 2 is 2.31 bits per heavy atom. The Hall–Kier alpha value is -0.610. The van der Waals surface area contributed by atoms with Crippen LogP contribution in [0.2, 0.25) is 0 Å². The van der Waals surface area contributed by atoms with Crippen LogP contribution in [0.5, 0.6) is 0 Å². The zero-order valence-corrected chi connectivity index (χ0v) is 10.6. The van der Waals surface area contributed by atoms with Crippen LogP contribution in [0.3, 0.4) is 0 Å². The predicted molar refractivity (Wildman–Crippen MR) is 64.3 cm³/mol. The summed E-state index contributed by atoms with van der Waals surface area (Å²) in [4.78, 5) is 11.8. The van der Waals surface area contributed by atoms with E-state index in [0.29, 0.717) is 19.2 Å². The Morgan fingerprint density at radius 1 is 1.56 bits per heavy atom. The summed E-state index contributed by atoms with van der Waals surface area (Å²) in [6, 6.07) is 0.548. The molecule has 3 atom stereocenters. The smallest absolute Gasteiger partial charge is 0.224 e. The molecule has 16 heavy (non-hydrogen) atoms. The first-order chi connectivity index (χ1) is 7.63. The van der Waals surface area contributed by atoms with Gasteiger partial charge in [0.1, 0.15) is 0 Å². The molecule has 4 nitrogen and oxygen atoms in total. The van der Waals surface area contributed by atoms with Gasteiger partial charge >= 0.3 is 0 Å². The Kier molecular flexibility index (Phi) is 5.77. The van der Waals surface area contributed by atoms with E-state index in [0.717, 1.165) is 19.4 Å². The van der Waals surface area contributed by atoms with Crippen molar-refractivity contribution >= 4 is 5.91 Å². The number of nitrogens with one attached hydrogen (secondary N) is 2. The summed E-state index contributed by atoms with van der Waals surface area (Å²) in [5.74, 6) is 0.288. The molecule has 1 saturated heterocycles. The predicted octanol–water partition coefficient (Wildman–Crippen LogP) is 0.916. The van der Waals surface area contributed by atoms with E-state index in [1.54, 1.807) is 0 Å². The molecule has 0 radical (unpaired) electrons. The minimum absolute atomic E-state index is 0.101. The highest BCUT2D eigenvalue weighted by molar-refractivity contribution is 5.79. The summed E-state index contributed by atoms with van der Waals surface area (Å²) >= 11 is 0. The van der Waals surface area contributed by atoms with Gasteiger partial charge in [0.2, 0.25) is 5.91 Å². The van der Waals surface area contributed by atoms with E-state index in [-0.39, 0.29) is 17.9 Å². The van der Waals surface area contributed by atoms with Crippen LogP contribution in [0.1, 0.15) is 33.6 Å². The van der Waals surface area contributed by atoms with Crippen LogP contribution >= 0.6 is 0 Å². The van der Waals surface area contributed by atoms with E-state index in [4.69, 9.17) is 4.74 Å². The van der Waals surface area contributed by atoms with Crippen molar-refractivity contribution in [3.8, 4) is 0 Å². The van der Waals surface area contributed by atoms with Gasteiger partial charge in [0, 0.05) is 25.7 Å². The van der Waals surface area contributed by atoms with Gasteiger partial charge in [-0.3, -0.25) is 4.79 Å². The zero-order chi connectivity index (χ0) is 12.0. The Bertz CT molecular complexity index is 213. The number of carbonyl (C=O) groups is 1. The standard InChI is InChI=1S/C12H24N2O2/c1-4-16-10(3)7-14-12(15)11-6-5-9(2)13-8-11/h9-11,13H,4-8H2,1-3H3,(H,14,15). The second-order valence-corrected chi connectivity index (χ2v) is 4.59. The lowest BCUT2D eigenvalue weighted by atomic mass is 9.95. The number of hydrogen-bond acceptors (Lipinski definition) is 3. The molecule has 1 amide bonds. The molecule has 1 aliphatic rings. The van der Waals surface area contributed by atoms with Crippen LogP contribution in [-0.2, 0) is 9.53 Å². The lowest BCUT2D eigenvalue weighted by Gasteiger charge is -2.27. The summed E-state index contributed by atoms with van der Waals surface area (Å²) in [5.41, 5.74) is 0. The molecule has 1 fully saturated rings. The number of piperidine rings is 1. The first-order valence-corrected chi connectivity index (χ1v) is 6.26. The quantitative estimate of drug-likeness (QED) is 0.735. The fourth-order valence-electron chi connectivity index (χ4n) is 1.95. The largest absolute Gasteiger partial charge is 0.377 e. The molecule has 0 spiro atoms. The topological polar surface area (TPSA) is 50.4 Å². The number of carbonyl (C=O) groups excluding carboxylic acids is 1. The highest BCUT2D eigenvalue weighted by Crippen LogP contribution is 2.13. The van der Waals surface area contributed by atoms with Gasteiger partial charge in [0.15, 0.2) is 0 Å². The fraction of sp³-hybridized carbons (Fsp3) is 0.917. The summed E-state index contributed by atoms with van der Waals surface area (Å²) in [6.07, 6.45) is 2.17. The molecule has 0 aromatic carbocycles. The summed E-state index contributed by atoms with van der Waals surface area (Å²) in [5, 5.41) is 6.28. The second kappa shape index (κ2) is 6.86. The molecule has 3 unspecified atom stereocenters. The summed E-state index contributed by atoms with van der Waals surface area (Å²) < 4.78 is 5.37. The van der Waals surface area contributed by atoms with Gasteiger partial charge in [0.05, 0.1) is 12.0 Å². The van der Waals surface area contributed by atoms with Gasteiger partial charge in [-0.2, -0.15) is 0 Å². The molecular formula is C12H24N2O2. The summed E-state index contributed by atoms with van der Waals surface area (Å²) in [6.45, 7) is 8.20. The molecule has 1 aliphatic heterocycles. The highest BCUT2D eigenvalue weighted by Gasteiger charge is 2.23. The van der Waals surface area contributed by atoms with Crippen molar-refractivity contribution in [3.05, 3.63) is 0 Å². The van der Waals surface area contributed by atoms with Crippen molar-refractivity contribution in [3.63, 3.8) is 0 Å². The van der Waals surface area contributed by atoms with Gasteiger partial charge in [-0.05, 0) is 33.6 Å². The number of ether oxygens (including phenoxy) is 1. The minimum Gasteiger partial charge on any atom is -0.377 e. The molecule has 0 aromatic heterocycles. The molecule has 1 rings (SSSR count). The maximum Gasteiger partial charge on any atom is 0.224 e. The molecule has 4 heteroatoms. The lowest BCUT2D eigenvalue weighted by Crippen LogP contribution is -2.45. The maximum absolute atomic E-state index is 11.8. The van der Waals surface area contributed by atoms with Gasteiger partial charge in [0.25, 0.3) is 0 Å². The van der Waals surface area contributed by atoms with Crippen LogP contribution in [-0.4, -0.2) is 37.7 Å². The molecule has 94 valence electrons. The average molecular weight is 228 g/mol. The van der Waals surface area contributed by atoms with Gasteiger partial charge in [-0.15, -0.1) is 0 Å². The van der Waals surface area contributed by atoms with Crippen molar-refractivity contribution in [1.29, 1.82) is 0 Å². The van der Waals surface area contributed by atoms with E-state index < -0.39 is 0 Å². The van der Waals surface area contributed by atoms with Crippen LogP contribution < -0.4 is 10.6 Å². The van der Waals surface area contributed by atoms with Crippen molar-refractivity contribution in [1.82, 2.24) is 10.6 Å². The molecule has 2 N–H and O–H groups in total. The van der Waals surface area contributed by atoms with Crippen molar-refractivity contribution in [2.24, 2.45) is 5.92 Å². The Labute approximate surface area is 98.1 Å². The zero-order valence-electron chi connectivity index (χ0n) is 10.6. The third-order valence-electron chi connectivity index (χ3n) is 3.05. The number of rotatable bonds is 5. The van der Waals surface area contributed by atoms with E-state index >= 15 is 0 Å². The molecular weight excluding hydrogens is 204 g/mol. The van der Waals surface area contributed by atoms with E-state index in [9.17, 15) is 4.79 Å². The molecule has 0 aromatic rings. The maximum atomic E-state index is 11.8. The van der Waals surface area contributed by atoms with E-state index in [2.05, 4.69) is 17.6 Å². The van der Waals surface area contributed by atoms with Crippen LogP contribution in [0.15, 0.2) is 0 Å². The third-order valence-corrected chi connectivity index (χ3v) is 3.05. The minimum atomic E-state index is 0.101. The summed E-state index contributed by atoms with van der Waals surface area (Å²) in [7, 11) is 0. The van der Waals surface area contributed by atoms with Gasteiger partial charge < -0.3 is 15.4 Å². The third kappa shape index (κ3) is 4.49. The fourth-order valence-corrected chi connectivity index (χ4v) is 1.95. The average Bonchev–Trinajstić information content (AvgIpc) is 2.27. The number of hydrogen-bond donors (Lipinski definition) is 2. The first kappa shape index (κ1) is 13.5. The monoisotopic (exact) mass is 228 g/mol. The normalized spacial score (nSPS) is 27.4. The van der Waals surface area contributed by atoms with Crippen molar-refractivity contribution < 1.29 is 9.53 Å². The van der Waals surface area contributed by atoms with Gasteiger partial charge in [-0.25, -0.2) is 0 Å². The van der Waals surface area contributed by atoms with Crippen LogP contribution in [0.25, 0.3) is 0 Å². The lowest BCUT2D eigenvalue weighted by molar-refractivity contribution is -0.126. The molecule has 1 heterocycles. The van der Waals surface area contributed by atoms with E-state index in [1.807, 2.05) is 13.8 Å². The van der Waals surface area contributed by atoms with Crippen molar-refractivity contribution in [2.45, 2.75) is 45.8 Å². The number of amides is 1. The van der Waals surface area contributed by atoms with E-state index in [1.165, 1.54) is 0 Å². The Balaban J connectivity index is 2.19. The Morgan fingerprint density at radius 3 is 2.88 bits per heavy atom. The second-order valence-electron chi connectivity index (χ2n) is 4.59. The molecule has 0 bridgehead atoms. The molecule has 0 saturated carbocycles. The van der Waals surface area contributed by atoms with Crippen molar-refractivity contribution in [2.75, 3.05) is 19.7 Å². The highest BCUT2D eigenvalue weighted by atomic mass is 16.5.